The molecular formula is C27H32N2O3. The number of aromatic nitrogens is 1. The van der Waals surface area contributed by atoms with Gasteiger partial charge in [0.25, 0.3) is 0 Å². The Morgan fingerprint density at radius 3 is 2.78 bits per heavy atom. The molecule has 1 amide bonds. The van der Waals surface area contributed by atoms with E-state index < -0.39 is 0 Å². The molecule has 2 aromatic carbocycles. The van der Waals surface area contributed by atoms with E-state index in [0.717, 1.165) is 56.6 Å². The standard InChI is InChI=1S/C27H32N2O3/c1-18-7-9-22-20(16-28-24(22)13-18)8-10-25-23-15-27(32-21-5-3-4-6-21)26(31-2)14-19(23)11-12-29(25)17-30/h7,9,13-17,21,25,28H,3-6,8,10-12H2,1-2H3/t25-/m0/s1. The molecule has 1 aliphatic carbocycles. The van der Waals surface area contributed by atoms with E-state index >= 15 is 0 Å². The Hall–Kier alpha value is -2.95. The number of benzene rings is 2. The zero-order valence-corrected chi connectivity index (χ0v) is 19.0. The van der Waals surface area contributed by atoms with E-state index in [4.69, 9.17) is 9.47 Å². The van der Waals surface area contributed by atoms with Crippen LogP contribution in [0.25, 0.3) is 10.9 Å². The number of amides is 1. The number of aryl methyl sites for hydroxylation is 2. The van der Waals surface area contributed by atoms with Crippen LogP contribution in [-0.2, 0) is 17.6 Å². The number of carbonyl (C=O) groups excluding carboxylic acids is 1. The highest BCUT2D eigenvalue weighted by molar-refractivity contribution is 5.83. The van der Waals surface area contributed by atoms with Crippen LogP contribution in [0.4, 0.5) is 0 Å². The summed E-state index contributed by atoms with van der Waals surface area (Å²) in [5.41, 5.74) is 6.19. The summed E-state index contributed by atoms with van der Waals surface area (Å²) in [6.45, 7) is 2.85. The van der Waals surface area contributed by atoms with Crippen LogP contribution in [0.2, 0.25) is 0 Å². The maximum atomic E-state index is 11.9. The average molecular weight is 433 g/mol. The van der Waals surface area contributed by atoms with Crippen molar-refractivity contribution in [1.29, 1.82) is 0 Å². The summed E-state index contributed by atoms with van der Waals surface area (Å²) in [5.74, 6) is 1.62. The van der Waals surface area contributed by atoms with Crippen LogP contribution in [0.3, 0.4) is 0 Å². The highest BCUT2D eigenvalue weighted by Crippen LogP contribution is 2.41. The van der Waals surface area contributed by atoms with E-state index in [0.29, 0.717) is 0 Å². The minimum atomic E-state index is 0.0449. The van der Waals surface area contributed by atoms with Gasteiger partial charge in [-0.1, -0.05) is 12.1 Å². The molecule has 5 rings (SSSR count). The van der Waals surface area contributed by atoms with Crippen LogP contribution in [0.1, 0.15) is 60.4 Å². The van der Waals surface area contributed by atoms with Crippen LogP contribution in [0, 0.1) is 6.92 Å². The molecule has 0 unspecified atom stereocenters. The molecule has 2 heterocycles. The molecule has 1 atom stereocenters. The fourth-order valence-electron chi connectivity index (χ4n) is 5.41. The van der Waals surface area contributed by atoms with Crippen molar-refractivity contribution < 1.29 is 14.3 Å². The molecule has 1 aliphatic heterocycles. The molecule has 0 radical (unpaired) electrons. The van der Waals surface area contributed by atoms with E-state index in [1.54, 1.807) is 7.11 Å². The summed E-state index contributed by atoms with van der Waals surface area (Å²) in [6, 6.07) is 10.9. The molecule has 0 bridgehead atoms. The highest BCUT2D eigenvalue weighted by Gasteiger charge is 2.29. The number of hydrogen-bond donors (Lipinski definition) is 1. The van der Waals surface area contributed by atoms with Gasteiger partial charge in [0, 0.05) is 23.6 Å². The molecule has 1 fully saturated rings. The predicted octanol–water partition coefficient (Wildman–Crippen LogP) is 5.49. The molecule has 5 heteroatoms. The Kier molecular flexibility index (Phi) is 5.81. The largest absolute Gasteiger partial charge is 0.493 e. The van der Waals surface area contributed by atoms with Crippen molar-refractivity contribution in [2.24, 2.45) is 0 Å². The SMILES string of the molecule is COc1cc2c(cc1OC1CCCC1)[C@H](CCc1c[nH]c3cc(C)ccc13)N(C=O)CC2. The lowest BCUT2D eigenvalue weighted by atomic mass is 9.88. The number of nitrogens with one attached hydrogen (secondary N) is 1. The third kappa shape index (κ3) is 3.96. The van der Waals surface area contributed by atoms with E-state index in [-0.39, 0.29) is 12.1 Å². The first kappa shape index (κ1) is 20.9. The highest BCUT2D eigenvalue weighted by atomic mass is 16.5. The van der Waals surface area contributed by atoms with Gasteiger partial charge in [-0.05, 0) is 92.3 Å². The third-order valence-corrected chi connectivity index (χ3v) is 7.17. The number of nitrogens with zero attached hydrogens (tertiary/aromatic N) is 1. The third-order valence-electron chi connectivity index (χ3n) is 7.17. The average Bonchev–Trinajstić information content (AvgIpc) is 3.46. The zero-order valence-electron chi connectivity index (χ0n) is 19.0. The van der Waals surface area contributed by atoms with Gasteiger partial charge in [-0.25, -0.2) is 0 Å². The summed E-state index contributed by atoms with van der Waals surface area (Å²) >= 11 is 0. The molecule has 0 spiro atoms. The summed E-state index contributed by atoms with van der Waals surface area (Å²) in [4.78, 5) is 17.3. The van der Waals surface area contributed by atoms with E-state index in [2.05, 4.69) is 48.4 Å². The summed E-state index contributed by atoms with van der Waals surface area (Å²) in [5, 5.41) is 1.27. The molecule has 1 N–H and O–H groups in total. The first-order valence-electron chi connectivity index (χ1n) is 11.8. The number of aromatic amines is 1. The fraction of sp³-hybridized carbons (Fsp3) is 0.444. The Morgan fingerprint density at radius 1 is 1.16 bits per heavy atom. The van der Waals surface area contributed by atoms with Gasteiger partial charge < -0.3 is 19.4 Å². The minimum Gasteiger partial charge on any atom is -0.493 e. The van der Waals surface area contributed by atoms with Crippen molar-refractivity contribution in [3.05, 3.63) is 58.8 Å². The number of H-pyrrole nitrogens is 1. The van der Waals surface area contributed by atoms with Crippen LogP contribution >= 0.6 is 0 Å². The van der Waals surface area contributed by atoms with E-state index in [1.165, 1.54) is 46.0 Å². The summed E-state index contributed by atoms with van der Waals surface area (Å²) in [7, 11) is 1.71. The molecule has 32 heavy (non-hydrogen) atoms. The predicted molar refractivity (Wildman–Crippen MR) is 126 cm³/mol. The molecule has 1 aromatic heterocycles. The molecule has 2 aliphatic rings. The zero-order chi connectivity index (χ0) is 22.1. The molecule has 5 nitrogen and oxygen atoms in total. The number of methoxy groups -OCH3 is 1. The lowest BCUT2D eigenvalue weighted by Crippen LogP contribution is -2.34. The van der Waals surface area contributed by atoms with Crippen LogP contribution in [0.5, 0.6) is 11.5 Å². The van der Waals surface area contributed by atoms with Gasteiger partial charge in [-0.3, -0.25) is 4.79 Å². The van der Waals surface area contributed by atoms with Crippen molar-refractivity contribution in [3.8, 4) is 11.5 Å². The summed E-state index contributed by atoms with van der Waals surface area (Å²) < 4.78 is 12.0. The monoisotopic (exact) mass is 432 g/mol. The van der Waals surface area contributed by atoms with Crippen LogP contribution in [-0.4, -0.2) is 36.1 Å². The van der Waals surface area contributed by atoms with Crippen molar-refractivity contribution in [3.63, 3.8) is 0 Å². The molecule has 1 saturated carbocycles. The first-order valence-corrected chi connectivity index (χ1v) is 11.8. The minimum absolute atomic E-state index is 0.0449. The molecule has 168 valence electrons. The van der Waals surface area contributed by atoms with Gasteiger partial charge in [-0.2, -0.15) is 0 Å². The van der Waals surface area contributed by atoms with E-state index in [9.17, 15) is 4.79 Å². The number of fused-ring (bicyclic) bond motifs is 2. The molecule has 0 saturated heterocycles. The maximum Gasteiger partial charge on any atom is 0.210 e. The second-order valence-electron chi connectivity index (χ2n) is 9.24. The second-order valence-corrected chi connectivity index (χ2v) is 9.24. The van der Waals surface area contributed by atoms with Crippen molar-refractivity contribution in [2.45, 2.75) is 64.0 Å². The van der Waals surface area contributed by atoms with Crippen molar-refractivity contribution >= 4 is 17.3 Å². The summed E-state index contributed by atoms with van der Waals surface area (Å²) in [6.07, 6.45) is 10.7. The van der Waals surface area contributed by atoms with Crippen molar-refractivity contribution in [1.82, 2.24) is 9.88 Å². The Labute approximate surface area is 189 Å². The molecule has 3 aromatic rings. The van der Waals surface area contributed by atoms with Crippen molar-refractivity contribution in [2.75, 3.05) is 13.7 Å². The van der Waals surface area contributed by atoms with Gasteiger partial charge in [0.1, 0.15) is 0 Å². The van der Waals surface area contributed by atoms with Crippen LogP contribution < -0.4 is 9.47 Å². The fourth-order valence-corrected chi connectivity index (χ4v) is 5.41. The van der Waals surface area contributed by atoms with Gasteiger partial charge in [0.15, 0.2) is 11.5 Å². The first-order chi connectivity index (χ1) is 15.7. The van der Waals surface area contributed by atoms with Gasteiger partial charge in [-0.15, -0.1) is 0 Å². The Morgan fingerprint density at radius 2 is 2.00 bits per heavy atom. The quantitative estimate of drug-likeness (QED) is 0.502. The van der Waals surface area contributed by atoms with Gasteiger partial charge >= 0.3 is 0 Å². The number of hydrogen-bond acceptors (Lipinski definition) is 3. The normalized spacial score (nSPS) is 18.7. The molecular weight excluding hydrogens is 400 g/mol. The topological polar surface area (TPSA) is 54.6 Å². The second kappa shape index (κ2) is 8.89. The smallest absolute Gasteiger partial charge is 0.210 e. The van der Waals surface area contributed by atoms with E-state index in [1.807, 2.05) is 4.90 Å². The van der Waals surface area contributed by atoms with Gasteiger partial charge in [0.2, 0.25) is 6.41 Å². The maximum absolute atomic E-state index is 11.9. The lowest BCUT2D eigenvalue weighted by Gasteiger charge is -2.35. The number of rotatable bonds is 7. The lowest BCUT2D eigenvalue weighted by molar-refractivity contribution is -0.120. The Bertz CT molecular complexity index is 1110. The Balaban J connectivity index is 1.44. The number of carbonyl (C=O) groups is 1. The number of ether oxygens (including phenoxy) is 2. The van der Waals surface area contributed by atoms with Crippen LogP contribution in [0.15, 0.2) is 36.5 Å². The van der Waals surface area contributed by atoms with Gasteiger partial charge in [0.05, 0.1) is 19.3 Å².